The molecule has 0 aromatic carbocycles. The second-order valence-electron chi connectivity index (χ2n) is 5.91. The first-order valence-electron chi connectivity index (χ1n) is 8.33. The van der Waals surface area contributed by atoms with Crippen LogP contribution in [-0.2, 0) is 0 Å². The van der Waals surface area contributed by atoms with Crippen molar-refractivity contribution in [2.75, 3.05) is 0 Å². The number of nitrogens with zero attached hydrogens (tertiary/aromatic N) is 1. The van der Waals surface area contributed by atoms with Gasteiger partial charge in [0.2, 0.25) is 0 Å². The van der Waals surface area contributed by atoms with Gasteiger partial charge in [-0.2, -0.15) is 13.2 Å². The van der Waals surface area contributed by atoms with Crippen molar-refractivity contribution in [1.82, 2.24) is 10.3 Å². The van der Waals surface area contributed by atoms with Gasteiger partial charge in [0.05, 0.1) is 5.83 Å². The van der Waals surface area contributed by atoms with Gasteiger partial charge in [-0.3, -0.25) is 0 Å². The summed E-state index contributed by atoms with van der Waals surface area (Å²) in [6.07, 6.45) is 2.17. The highest BCUT2D eigenvalue weighted by Gasteiger charge is 2.37. The zero-order valence-electron chi connectivity index (χ0n) is 15.7. The largest absolute Gasteiger partial charge is 0.432 e. The lowest BCUT2D eigenvalue weighted by Crippen LogP contribution is -2.28. The van der Waals surface area contributed by atoms with E-state index < -0.39 is 23.6 Å². The van der Waals surface area contributed by atoms with Crippen LogP contribution in [0.25, 0.3) is 0 Å². The lowest BCUT2D eigenvalue weighted by Gasteiger charge is -2.19. The first-order valence-corrected chi connectivity index (χ1v) is 8.33. The van der Waals surface area contributed by atoms with E-state index in [0.29, 0.717) is 5.69 Å². The SMILES string of the molecule is C\C=C/C(=C\C=C(/C)F)N/C(=C(/C#Cc1ccccn1)C(C)C)C(F)(F)F. The number of nitrogens with one attached hydrogen (secondary N) is 1. The predicted octanol–water partition coefficient (Wildman–Crippen LogP) is 5.83. The van der Waals surface area contributed by atoms with Crippen LogP contribution in [0.2, 0.25) is 0 Å². The van der Waals surface area contributed by atoms with Crippen molar-refractivity contribution in [2.24, 2.45) is 5.92 Å². The summed E-state index contributed by atoms with van der Waals surface area (Å²) < 4.78 is 54.1. The van der Waals surface area contributed by atoms with Crippen LogP contribution >= 0.6 is 0 Å². The van der Waals surface area contributed by atoms with Crippen LogP contribution in [-0.4, -0.2) is 11.2 Å². The van der Waals surface area contributed by atoms with Gasteiger partial charge < -0.3 is 5.32 Å². The summed E-state index contributed by atoms with van der Waals surface area (Å²) in [6.45, 7) is 6.12. The molecule has 0 spiro atoms. The third-order valence-electron chi connectivity index (χ3n) is 3.23. The molecule has 0 atom stereocenters. The number of aromatic nitrogens is 1. The first-order chi connectivity index (χ1) is 12.6. The standard InChI is InChI=1S/C21H22F4N2/c1-5-8-18(11-10-16(4)22)27-20(21(23,24)25)19(15(2)3)13-12-17-9-6-7-14-26-17/h5-11,14-15,27H,1-4H3/b8-5-,16-10+,18-11+,20-19-. The molecule has 144 valence electrons. The Morgan fingerprint density at radius 2 is 1.93 bits per heavy atom. The average Bonchev–Trinajstić information content (AvgIpc) is 2.58. The fourth-order valence-corrected chi connectivity index (χ4v) is 2.02. The van der Waals surface area contributed by atoms with Gasteiger partial charge in [-0.15, -0.1) is 0 Å². The minimum absolute atomic E-state index is 0.0969. The third kappa shape index (κ3) is 7.95. The lowest BCUT2D eigenvalue weighted by molar-refractivity contribution is -0.0967. The summed E-state index contributed by atoms with van der Waals surface area (Å²) in [5, 5.41) is 2.36. The molecular weight excluding hydrogens is 356 g/mol. The number of pyridine rings is 1. The minimum Gasteiger partial charge on any atom is -0.351 e. The molecule has 0 aliphatic rings. The molecule has 0 amide bonds. The Bertz CT molecular complexity index is 798. The Morgan fingerprint density at radius 1 is 1.22 bits per heavy atom. The van der Waals surface area contributed by atoms with Crippen molar-refractivity contribution in [3.05, 3.63) is 77.2 Å². The van der Waals surface area contributed by atoms with Gasteiger partial charge in [0.15, 0.2) is 0 Å². The maximum atomic E-state index is 13.7. The van der Waals surface area contributed by atoms with E-state index in [-0.39, 0.29) is 11.3 Å². The van der Waals surface area contributed by atoms with Crippen LogP contribution < -0.4 is 5.32 Å². The van der Waals surface area contributed by atoms with Gasteiger partial charge in [-0.05, 0) is 56.0 Å². The van der Waals surface area contributed by atoms with E-state index in [0.717, 1.165) is 6.08 Å². The summed E-state index contributed by atoms with van der Waals surface area (Å²) in [7, 11) is 0. The van der Waals surface area contributed by atoms with Gasteiger partial charge in [0.25, 0.3) is 0 Å². The van der Waals surface area contributed by atoms with Gasteiger partial charge in [0, 0.05) is 17.5 Å². The van der Waals surface area contributed by atoms with E-state index in [1.54, 1.807) is 45.0 Å². The second-order valence-corrected chi connectivity index (χ2v) is 5.91. The topological polar surface area (TPSA) is 24.9 Å². The molecule has 0 unspecified atom stereocenters. The van der Waals surface area contributed by atoms with Crippen LogP contribution in [0.3, 0.4) is 0 Å². The fourth-order valence-electron chi connectivity index (χ4n) is 2.02. The summed E-state index contributed by atoms with van der Waals surface area (Å²) in [5.74, 6) is 4.26. The summed E-state index contributed by atoms with van der Waals surface area (Å²) >= 11 is 0. The number of rotatable bonds is 5. The molecule has 1 aromatic heterocycles. The zero-order valence-corrected chi connectivity index (χ0v) is 15.7. The van der Waals surface area contributed by atoms with Crippen molar-refractivity contribution < 1.29 is 17.6 Å². The number of hydrogen-bond acceptors (Lipinski definition) is 2. The Hall–Kier alpha value is -2.81. The highest BCUT2D eigenvalue weighted by atomic mass is 19.4. The van der Waals surface area contributed by atoms with E-state index >= 15 is 0 Å². The fraction of sp³-hybridized carbons (Fsp3) is 0.286. The number of alkyl halides is 3. The molecule has 0 aliphatic heterocycles. The molecular formula is C21H22F4N2. The molecule has 0 saturated heterocycles. The Balaban J connectivity index is 3.48. The Morgan fingerprint density at radius 3 is 2.41 bits per heavy atom. The molecule has 2 nitrogen and oxygen atoms in total. The van der Waals surface area contributed by atoms with Gasteiger partial charge in [0.1, 0.15) is 11.4 Å². The minimum atomic E-state index is -4.66. The predicted molar refractivity (Wildman–Crippen MR) is 99.9 cm³/mol. The van der Waals surface area contributed by atoms with Crippen LogP contribution in [0, 0.1) is 17.8 Å². The summed E-state index contributed by atoms with van der Waals surface area (Å²) in [4.78, 5) is 4.00. The van der Waals surface area contributed by atoms with Crippen LogP contribution in [0.5, 0.6) is 0 Å². The number of hydrogen-bond donors (Lipinski definition) is 1. The Labute approximate surface area is 157 Å². The van der Waals surface area contributed by atoms with E-state index in [1.807, 2.05) is 0 Å². The molecule has 27 heavy (non-hydrogen) atoms. The maximum Gasteiger partial charge on any atom is 0.432 e. The number of halogens is 4. The lowest BCUT2D eigenvalue weighted by atomic mass is 10.0. The maximum absolute atomic E-state index is 13.7. The van der Waals surface area contributed by atoms with Crippen LogP contribution in [0.15, 0.2) is 71.5 Å². The van der Waals surface area contributed by atoms with Crippen molar-refractivity contribution in [3.8, 4) is 11.8 Å². The number of allylic oxidation sites excluding steroid dienone is 7. The van der Waals surface area contributed by atoms with Gasteiger partial charge in [-0.25, -0.2) is 9.37 Å². The average molecular weight is 378 g/mol. The van der Waals surface area contributed by atoms with E-state index in [1.165, 1.54) is 25.3 Å². The van der Waals surface area contributed by atoms with Crippen molar-refractivity contribution in [2.45, 2.75) is 33.9 Å². The van der Waals surface area contributed by atoms with Crippen LogP contribution in [0.4, 0.5) is 17.6 Å². The van der Waals surface area contributed by atoms with E-state index in [4.69, 9.17) is 0 Å². The van der Waals surface area contributed by atoms with Crippen molar-refractivity contribution in [3.63, 3.8) is 0 Å². The van der Waals surface area contributed by atoms with E-state index in [2.05, 4.69) is 22.1 Å². The third-order valence-corrected chi connectivity index (χ3v) is 3.23. The zero-order chi connectivity index (χ0) is 20.4. The summed E-state index contributed by atoms with van der Waals surface area (Å²) in [6, 6.07) is 5.02. The molecule has 0 aliphatic carbocycles. The second kappa shape index (κ2) is 10.4. The van der Waals surface area contributed by atoms with Crippen molar-refractivity contribution in [1.29, 1.82) is 0 Å². The Kier molecular flexibility index (Phi) is 8.53. The quantitative estimate of drug-likeness (QED) is 0.396. The molecule has 1 heterocycles. The molecule has 1 aromatic rings. The van der Waals surface area contributed by atoms with Crippen molar-refractivity contribution >= 4 is 0 Å². The first kappa shape index (κ1) is 22.2. The molecule has 0 saturated carbocycles. The van der Waals surface area contributed by atoms with Gasteiger partial charge >= 0.3 is 6.18 Å². The van der Waals surface area contributed by atoms with Gasteiger partial charge in [-0.1, -0.05) is 31.9 Å². The molecule has 1 rings (SSSR count). The highest BCUT2D eigenvalue weighted by molar-refractivity contribution is 5.43. The monoisotopic (exact) mass is 378 g/mol. The molecule has 0 radical (unpaired) electrons. The van der Waals surface area contributed by atoms with Crippen LogP contribution in [0.1, 0.15) is 33.4 Å². The smallest absolute Gasteiger partial charge is 0.351 e. The van der Waals surface area contributed by atoms with E-state index in [9.17, 15) is 17.6 Å². The summed E-state index contributed by atoms with van der Waals surface area (Å²) in [5.41, 5.74) is -0.614. The molecule has 1 N–H and O–H groups in total. The molecule has 0 fully saturated rings. The normalized spacial score (nSPS) is 14.1. The molecule has 6 heteroatoms. The highest BCUT2D eigenvalue weighted by Crippen LogP contribution is 2.30. The molecule has 0 bridgehead atoms.